The third-order valence-corrected chi connectivity index (χ3v) is 3.94. The standard InChI is InChI=1S/C15H25N3/c1-13-5-3-4-6-14(13)15(16)7-8-18-11-9-17(2)10-12-18/h3-6,15H,7-12,16H2,1-2H3. The van der Waals surface area contributed by atoms with E-state index < -0.39 is 0 Å². The van der Waals surface area contributed by atoms with Crippen LogP contribution in [0.3, 0.4) is 0 Å². The summed E-state index contributed by atoms with van der Waals surface area (Å²) in [4.78, 5) is 4.91. The fourth-order valence-electron chi connectivity index (χ4n) is 2.55. The van der Waals surface area contributed by atoms with Crippen LogP contribution in [-0.4, -0.2) is 49.6 Å². The second-order valence-electron chi connectivity index (χ2n) is 5.40. The number of nitrogens with two attached hydrogens (primary N) is 1. The smallest absolute Gasteiger partial charge is 0.0309 e. The topological polar surface area (TPSA) is 32.5 Å². The molecule has 0 amide bonds. The molecule has 0 bridgehead atoms. The second kappa shape index (κ2) is 6.32. The third-order valence-electron chi connectivity index (χ3n) is 3.94. The maximum Gasteiger partial charge on any atom is 0.0309 e. The summed E-state index contributed by atoms with van der Waals surface area (Å²) in [5, 5.41) is 0. The Bertz CT molecular complexity index is 370. The van der Waals surface area contributed by atoms with Crippen molar-refractivity contribution in [1.82, 2.24) is 9.80 Å². The van der Waals surface area contributed by atoms with Crippen molar-refractivity contribution in [2.75, 3.05) is 39.8 Å². The Hall–Kier alpha value is -0.900. The van der Waals surface area contributed by atoms with Gasteiger partial charge in [-0.15, -0.1) is 0 Å². The van der Waals surface area contributed by atoms with Crippen LogP contribution in [0.15, 0.2) is 24.3 Å². The number of rotatable bonds is 4. The molecule has 1 unspecified atom stereocenters. The molecule has 1 saturated heterocycles. The number of hydrogen-bond acceptors (Lipinski definition) is 3. The maximum atomic E-state index is 6.30. The molecule has 2 N–H and O–H groups in total. The largest absolute Gasteiger partial charge is 0.324 e. The molecule has 0 spiro atoms. The molecule has 0 aromatic heterocycles. The van der Waals surface area contributed by atoms with Gasteiger partial charge >= 0.3 is 0 Å². The lowest BCUT2D eigenvalue weighted by molar-refractivity contribution is 0.150. The Morgan fingerprint density at radius 1 is 1.17 bits per heavy atom. The predicted molar refractivity (Wildman–Crippen MR) is 76.7 cm³/mol. The molecule has 1 aromatic rings. The lowest BCUT2D eigenvalue weighted by atomic mass is 9.99. The van der Waals surface area contributed by atoms with Gasteiger partial charge in [0, 0.05) is 38.8 Å². The number of nitrogens with zero attached hydrogens (tertiary/aromatic N) is 2. The molecule has 1 aliphatic rings. The fraction of sp³-hybridized carbons (Fsp3) is 0.600. The van der Waals surface area contributed by atoms with E-state index in [9.17, 15) is 0 Å². The minimum Gasteiger partial charge on any atom is -0.324 e. The van der Waals surface area contributed by atoms with Crippen molar-refractivity contribution in [3.8, 4) is 0 Å². The zero-order valence-corrected chi connectivity index (χ0v) is 11.6. The molecular formula is C15H25N3. The molecular weight excluding hydrogens is 222 g/mol. The molecule has 18 heavy (non-hydrogen) atoms. The van der Waals surface area contributed by atoms with E-state index in [2.05, 4.69) is 48.0 Å². The van der Waals surface area contributed by atoms with E-state index >= 15 is 0 Å². The summed E-state index contributed by atoms with van der Waals surface area (Å²) in [5.74, 6) is 0. The summed E-state index contributed by atoms with van der Waals surface area (Å²) in [6.07, 6.45) is 1.05. The minimum absolute atomic E-state index is 0.172. The Balaban J connectivity index is 1.81. The number of benzene rings is 1. The molecule has 0 saturated carbocycles. The van der Waals surface area contributed by atoms with E-state index in [-0.39, 0.29) is 6.04 Å². The van der Waals surface area contributed by atoms with E-state index in [0.717, 1.165) is 13.0 Å². The minimum atomic E-state index is 0.172. The quantitative estimate of drug-likeness (QED) is 0.878. The first-order valence-electron chi connectivity index (χ1n) is 6.89. The van der Waals surface area contributed by atoms with Gasteiger partial charge in [-0.25, -0.2) is 0 Å². The maximum absolute atomic E-state index is 6.30. The van der Waals surface area contributed by atoms with Crippen LogP contribution in [0.25, 0.3) is 0 Å². The third kappa shape index (κ3) is 3.55. The molecule has 100 valence electrons. The van der Waals surface area contributed by atoms with Crippen LogP contribution >= 0.6 is 0 Å². The summed E-state index contributed by atoms with van der Waals surface area (Å²) in [7, 11) is 2.19. The highest BCUT2D eigenvalue weighted by Gasteiger charge is 2.15. The summed E-state index contributed by atoms with van der Waals surface area (Å²) in [6.45, 7) is 7.97. The van der Waals surface area contributed by atoms with Crippen LogP contribution in [0.2, 0.25) is 0 Å². The van der Waals surface area contributed by atoms with Gasteiger partial charge in [0.1, 0.15) is 0 Å². The molecule has 1 heterocycles. The molecule has 1 fully saturated rings. The van der Waals surface area contributed by atoms with Crippen LogP contribution < -0.4 is 5.73 Å². The van der Waals surface area contributed by atoms with Crippen LogP contribution in [-0.2, 0) is 0 Å². The van der Waals surface area contributed by atoms with Gasteiger partial charge in [-0.05, 0) is 31.5 Å². The molecule has 1 aliphatic heterocycles. The van der Waals surface area contributed by atoms with Crippen molar-refractivity contribution in [3.05, 3.63) is 35.4 Å². The van der Waals surface area contributed by atoms with Crippen molar-refractivity contribution in [2.24, 2.45) is 5.73 Å². The van der Waals surface area contributed by atoms with Crippen LogP contribution in [0.4, 0.5) is 0 Å². The van der Waals surface area contributed by atoms with Crippen LogP contribution in [0, 0.1) is 6.92 Å². The highest BCUT2D eigenvalue weighted by Crippen LogP contribution is 2.18. The van der Waals surface area contributed by atoms with Crippen LogP contribution in [0.5, 0.6) is 0 Å². The van der Waals surface area contributed by atoms with E-state index in [0.29, 0.717) is 0 Å². The Labute approximate surface area is 111 Å². The molecule has 1 aromatic carbocycles. The Morgan fingerprint density at radius 2 is 1.83 bits per heavy atom. The summed E-state index contributed by atoms with van der Waals surface area (Å²) in [6, 6.07) is 8.63. The van der Waals surface area contributed by atoms with Gasteiger partial charge in [0.05, 0.1) is 0 Å². The second-order valence-corrected chi connectivity index (χ2v) is 5.40. The Kier molecular flexibility index (Phi) is 4.75. The molecule has 0 aliphatic carbocycles. The number of likely N-dealkylation sites (N-methyl/N-ethyl adjacent to an activating group) is 1. The van der Waals surface area contributed by atoms with Crippen molar-refractivity contribution in [1.29, 1.82) is 0 Å². The first-order valence-corrected chi connectivity index (χ1v) is 6.89. The number of hydrogen-bond donors (Lipinski definition) is 1. The summed E-state index contributed by atoms with van der Waals surface area (Å²) in [5.41, 5.74) is 8.91. The summed E-state index contributed by atoms with van der Waals surface area (Å²) < 4.78 is 0. The lowest BCUT2D eigenvalue weighted by Crippen LogP contribution is -2.45. The van der Waals surface area contributed by atoms with E-state index in [1.807, 2.05) is 0 Å². The van der Waals surface area contributed by atoms with E-state index in [4.69, 9.17) is 5.73 Å². The van der Waals surface area contributed by atoms with Gasteiger partial charge < -0.3 is 15.5 Å². The highest BCUT2D eigenvalue weighted by atomic mass is 15.2. The summed E-state index contributed by atoms with van der Waals surface area (Å²) >= 11 is 0. The molecule has 0 radical (unpaired) electrons. The van der Waals surface area contributed by atoms with Gasteiger partial charge in [-0.2, -0.15) is 0 Å². The molecule has 3 heteroatoms. The lowest BCUT2D eigenvalue weighted by Gasteiger charge is -2.33. The van der Waals surface area contributed by atoms with Gasteiger partial charge in [-0.3, -0.25) is 0 Å². The van der Waals surface area contributed by atoms with Gasteiger partial charge in [0.2, 0.25) is 0 Å². The SMILES string of the molecule is Cc1ccccc1C(N)CCN1CCN(C)CC1. The van der Waals surface area contributed by atoms with Gasteiger partial charge in [0.15, 0.2) is 0 Å². The van der Waals surface area contributed by atoms with Gasteiger partial charge in [-0.1, -0.05) is 24.3 Å². The average Bonchev–Trinajstić information content (AvgIpc) is 2.38. The Morgan fingerprint density at radius 3 is 2.50 bits per heavy atom. The first kappa shape index (κ1) is 13.5. The van der Waals surface area contributed by atoms with E-state index in [1.165, 1.54) is 37.3 Å². The number of aryl methyl sites for hydroxylation is 1. The zero-order chi connectivity index (χ0) is 13.0. The molecule has 2 rings (SSSR count). The van der Waals surface area contributed by atoms with Crippen LogP contribution in [0.1, 0.15) is 23.6 Å². The highest BCUT2D eigenvalue weighted by molar-refractivity contribution is 5.28. The number of piperazine rings is 1. The zero-order valence-electron chi connectivity index (χ0n) is 11.6. The monoisotopic (exact) mass is 247 g/mol. The average molecular weight is 247 g/mol. The van der Waals surface area contributed by atoms with E-state index in [1.54, 1.807) is 0 Å². The first-order chi connectivity index (χ1) is 8.66. The predicted octanol–water partition coefficient (Wildman–Crippen LogP) is 1.63. The molecule has 1 atom stereocenters. The van der Waals surface area contributed by atoms with Crippen molar-refractivity contribution in [3.63, 3.8) is 0 Å². The van der Waals surface area contributed by atoms with Crippen molar-refractivity contribution in [2.45, 2.75) is 19.4 Å². The fourth-order valence-corrected chi connectivity index (χ4v) is 2.55. The molecule has 3 nitrogen and oxygen atoms in total. The van der Waals surface area contributed by atoms with Crippen molar-refractivity contribution >= 4 is 0 Å². The normalized spacial score (nSPS) is 19.9. The van der Waals surface area contributed by atoms with Crippen molar-refractivity contribution < 1.29 is 0 Å². The van der Waals surface area contributed by atoms with Gasteiger partial charge in [0.25, 0.3) is 0 Å².